The molecule has 0 heterocycles. The number of nitrogens with one attached hydrogen (secondary N) is 1. The second-order valence-electron chi connectivity index (χ2n) is 4.81. The van der Waals surface area contributed by atoms with E-state index < -0.39 is 0 Å². The molecule has 0 saturated carbocycles. The topological polar surface area (TPSA) is 45.7 Å². The average Bonchev–Trinajstić information content (AvgIpc) is 2.45. The lowest BCUT2D eigenvalue weighted by atomic mass is 10.1. The molecule has 0 bridgehead atoms. The van der Waals surface area contributed by atoms with Crippen LogP contribution in [-0.4, -0.2) is 12.5 Å². The Morgan fingerprint density at radius 1 is 1.29 bits per heavy atom. The molecule has 1 amide bonds. The number of hydrogen-bond acceptors (Lipinski definition) is 1. The first-order valence-corrected chi connectivity index (χ1v) is 8.15. The van der Waals surface area contributed by atoms with Crippen molar-refractivity contribution in [3.05, 3.63) is 62.7 Å². The number of rotatable bonds is 5. The van der Waals surface area contributed by atoms with E-state index in [2.05, 4.69) is 27.9 Å². The zero-order valence-electron chi connectivity index (χ0n) is 11.6. The summed E-state index contributed by atoms with van der Waals surface area (Å²) >= 11 is 8.38. The van der Waals surface area contributed by atoms with Gasteiger partial charge in [-0.05, 0) is 53.8 Å². The van der Waals surface area contributed by atoms with Crippen molar-refractivity contribution in [1.82, 2.24) is 0 Å². The van der Waals surface area contributed by atoms with Crippen LogP contribution in [0.5, 0.6) is 0 Å². The van der Waals surface area contributed by atoms with Gasteiger partial charge in [-0.15, -0.1) is 0 Å². The SMILES string of the molecule is C[C@H]([NH2+]CC(=O)Nc1cccc(I)c1)c1ccccc1Cl. The zero-order chi connectivity index (χ0) is 15.2. The van der Waals surface area contributed by atoms with Crippen LogP contribution in [0.1, 0.15) is 18.5 Å². The van der Waals surface area contributed by atoms with Crippen molar-refractivity contribution in [2.24, 2.45) is 0 Å². The number of anilines is 1. The normalized spacial score (nSPS) is 12.0. The first-order valence-electron chi connectivity index (χ1n) is 6.69. The largest absolute Gasteiger partial charge is 0.332 e. The molecule has 3 nitrogen and oxygen atoms in total. The summed E-state index contributed by atoms with van der Waals surface area (Å²) < 4.78 is 1.10. The number of amides is 1. The molecule has 5 heteroatoms. The van der Waals surface area contributed by atoms with E-state index >= 15 is 0 Å². The molecule has 0 saturated heterocycles. The highest BCUT2D eigenvalue weighted by Crippen LogP contribution is 2.19. The monoisotopic (exact) mass is 415 g/mol. The maximum absolute atomic E-state index is 12.0. The van der Waals surface area contributed by atoms with Gasteiger partial charge in [0.25, 0.3) is 5.91 Å². The first kappa shape index (κ1) is 16.3. The van der Waals surface area contributed by atoms with Crippen molar-refractivity contribution >= 4 is 45.8 Å². The minimum Gasteiger partial charge on any atom is -0.332 e. The summed E-state index contributed by atoms with van der Waals surface area (Å²) in [6.45, 7) is 2.40. The predicted molar refractivity (Wildman–Crippen MR) is 94.4 cm³/mol. The number of carbonyl (C=O) groups excluding carboxylic acids is 1. The molecule has 21 heavy (non-hydrogen) atoms. The molecule has 0 aromatic heterocycles. The maximum atomic E-state index is 12.0. The Kier molecular flexibility index (Phi) is 6.02. The van der Waals surface area contributed by atoms with Crippen molar-refractivity contribution in [1.29, 1.82) is 0 Å². The van der Waals surface area contributed by atoms with E-state index in [1.165, 1.54) is 0 Å². The van der Waals surface area contributed by atoms with Crippen LogP contribution in [0.3, 0.4) is 0 Å². The van der Waals surface area contributed by atoms with Crippen molar-refractivity contribution in [3.63, 3.8) is 0 Å². The molecule has 0 radical (unpaired) electrons. The van der Waals surface area contributed by atoms with Crippen LogP contribution >= 0.6 is 34.2 Å². The molecule has 3 N–H and O–H groups in total. The molecule has 0 aliphatic rings. The summed E-state index contributed by atoms with van der Waals surface area (Å²) in [5, 5.41) is 5.61. The third-order valence-electron chi connectivity index (χ3n) is 3.16. The number of halogens is 2. The average molecular weight is 416 g/mol. The molecule has 2 aromatic carbocycles. The fourth-order valence-corrected chi connectivity index (χ4v) is 2.88. The summed E-state index contributed by atoms with van der Waals surface area (Å²) in [6.07, 6.45) is 0. The van der Waals surface area contributed by atoms with E-state index in [1.54, 1.807) is 0 Å². The van der Waals surface area contributed by atoms with Gasteiger partial charge in [-0.2, -0.15) is 0 Å². The Hall–Kier alpha value is -1.11. The van der Waals surface area contributed by atoms with Gasteiger partial charge in [-0.25, -0.2) is 0 Å². The van der Waals surface area contributed by atoms with E-state index in [1.807, 2.05) is 60.8 Å². The molecule has 1 atom stereocenters. The molecule has 2 aromatic rings. The lowest BCUT2D eigenvalue weighted by molar-refractivity contribution is -0.682. The Morgan fingerprint density at radius 2 is 2.05 bits per heavy atom. The zero-order valence-corrected chi connectivity index (χ0v) is 14.6. The quantitative estimate of drug-likeness (QED) is 0.724. The van der Waals surface area contributed by atoms with Crippen molar-refractivity contribution in [2.75, 3.05) is 11.9 Å². The van der Waals surface area contributed by atoms with Crippen molar-refractivity contribution in [2.45, 2.75) is 13.0 Å². The highest BCUT2D eigenvalue weighted by Gasteiger charge is 2.14. The van der Waals surface area contributed by atoms with Crippen LogP contribution in [0.15, 0.2) is 48.5 Å². The van der Waals surface area contributed by atoms with Gasteiger partial charge in [-0.1, -0.05) is 35.9 Å². The molecule has 2 rings (SSSR count). The molecule has 0 unspecified atom stereocenters. The lowest BCUT2D eigenvalue weighted by Gasteiger charge is -2.12. The number of quaternary nitrogens is 1. The van der Waals surface area contributed by atoms with Gasteiger partial charge in [0.15, 0.2) is 6.54 Å². The van der Waals surface area contributed by atoms with Crippen LogP contribution in [0.25, 0.3) is 0 Å². The molecular formula is C16H17ClIN2O+. The highest BCUT2D eigenvalue weighted by molar-refractivity contribution is 14.1. The van der Waals surface area contributed by atoms with Gasteiger partial charge in [-0.3, -0.25) is 4.79 Å². The Balaban J connectivity index is 1.88. The third-order valence-corrected chi connectivity index (χ3v) is 4.18. The second-order valence-corrected chi connectivity index (χ2v) is 6.46. The molecule has 0 spiro atoms. The Morgan fingerprint density at radius 3 is 2.76 bits per heavy atom. The minimum atomic E-state index is -0.0177. The fourth-order valence-electron chi connectivity index (χ4n) is 2.03. The Labute approximate surface area is 143 Å². The minimum absolute atomic E-state index is 0.0177. The van der Waals surface area contributed by atoms with Gasteiger partial charge in [0, 0.05) is 19.8 Å². The van der Waals surface area contributed by atoms with Crippen LogP contribution in [0.4, 0.5) is 5.69 Å². The lowest BCUT2D eigenvalue weighted by Crippen LogP contribution is -2.86. The molecule has 110 valence electrons. The van der Waals surface area contributed by atoms with Gasteiger partial charge < -0.3 is 10.6 Å². The van der Waals surface area contributed by atoms with Crippen LogP contribution in [-0.2, 0) is 4.79 Å². The molecular weight excluding hydrogens is 399 g/mol. The predicted octanol–water partition coefficient (Wildman–Crippen LogP) is 3.21. The van der Waals surface area contributed by atoms with Crippen LogP contribution in [0.2, 0.25) is 5.02 Å². The van der Waals surface area contributed by atoms with Crippen molar-refractivity contribution < 1.29 is 10.1 Å². The van der Waals surface area contributed by atoms with E-state index in [0.717, 1.165) is 19.8 Å². The third kappa shape index (κ3) is 4.98. The number of nitrogens with two attached hydrogens (primary N) is 1. The van der Waals surface area contributed by atoms with E-state index in [0.29, 0.717) is 6.54 Å². The van der Waals surface area contributed by atoms with Gasteiger partial charge in [0.2, 0.25) is 0 Å². The fraction of sp³-hybridized carbons (Fsp3) is 0.188. The summed E-state index contributed by atoms with van der Waals surface area (Å²) in [4.78, 5) is 12.0. The maximum Gasteiger partial charge on any atom is 0.279 e. The van der Waals surface area contributed by atoms with E-state index in [4.69, 9.17) is 11.6 Å². The first-order chi connectivity index (χ1) is 10.1. The van der Waals surface area contributed by atoms with Gasteiger partial charge in [0.1, 0.15) is 6.04 Å². The van der Waals surface area contributed by atoms with E-state index in [-0.39, 0.29) is 11.9 Å². The summed E-state index contributed by atoms with van der Waals surface area (Å²) in [6, 6.07) is 15.6. The van der Waals surface area contributed by atoms with Gasteiger partial charge >= 0.3 is 0 Å². The van der Waals surface area contributed by atoms with Gasteiger partial charge in [0.05, 0.1) is 0 Å². The van der Waals surface area contributed by atoms with Crippen LogP contribution < -0.4 is 10.6 Å². The molecule has 0 aliphatic carbocycles. The van der Waals surface area contributed by atoms with Crippen LogP contribution in [0, 0.1) is 3.57 Å². The number of carbonyl (C=O) groups is 1. The summed E-state index contributed by atoms with van der Waals surface area (Å²) in [5.41, 5.74) is 1.87. The standard InChI is InChI=1S/C16H16ClIN2O/c1-11(14-7-2-3-8-15(14)17)19-10-16(21)20-13-6-4-5-12(18)9-13/h2-9,11,19H,10H2,1H3,(H,20,21)/p+1/t11-/m0/s1. The summed E-state index contributed by atoms with van der Waals surface area (Å²) in [5.74, 6) is -0.0177. The van der Waals surface area contributed by atoms with Crippen molar-refractivity contribution in [3.8, 4) is 0 Å². The highest BCUT2D eigenvalue weighted by atomic mass is 127. The van der Waals surface area contributed by atoms with E-state index in [9.17, 15) is 4.79 Å². The number of hydrogen-bond donors (Lipinski definition) is 2. The smallest absolute Gasteiger partial charge is 0.279 e. The second kappa shape index (κ2) is 7.77. The summed E-state index contributed by atoms with van der Waals surface area (Å²) in [7, 11) is 0. The Bertz CT molecular complexity index is 633. The molecule has 0 fully saturated rings. The number of benzene rings is 2. The molecule has 0 aliphatic heterocycles.